The van der Waals surface area contributed by atoms with Crippen molar-refractivity contribution < 1.29 is 0 Å². The highest BCUT2D eigenvalue weighted by molar-refractivity contribution is 6.33. The summed E-state index contributed by atoms with van der Waals surface area (Å²) < 4.78 is 0. The van der Waals surface area contributed by atoms with Crippen molar-refractivity contribution in [2.75, 3.05) is 6.54 Å². The Hall–Kier alpha value is -0.240. The number of halogens is 2. The van der Waals surface area contributed by atoms with E-state index in [0.29, 0.717) is 6.04 Å². The summed E-state index contributed by atoms with van der Waals surface area (Å²) in [7, 11) is 0. The van der Waals surface area contributed by atoms with Crippen molar-refractivity contribution in [2.45, 2.75) is 51.5 Å². The third-order valence-corrected chi connectivity index (χ3v) is 5.90. The molecule has 3 heteroatoms. The average molecular weight is 326 g/mol. The minimum absolute atomic E-state index is 0.564. The van der Waals surface area contributed by atoms with Gasteiger partial charge in [-0.05, 0) is 73.7 Å². The highest BCUT2D eigenvalue weighted by atomic mass is 35.5. The summed E-state index contributed by atoms with van der Waals surface area (Å²) in [5.41, 5.74) is 1.20. The van der Waals surface area contributed by atoms with Crippen LogP contribution in [0.2, 0.25) is 10.0 Å². The molecule has 2 aliphatic rings. The van der Waals surface area contributed by atoms with Crippen LogP contribution in [0, 0.1) is 17.8 Å². The normalized spacial score (nSPS) is 29.0. The molecule has 0 aromatic heterocycles. The smallest absolute Gasteiger partial charge is 0.0439 e. The molecule has 2 aliphatic carbocycles. The molecule has 3 atom stereocenters. The maximum absolute atomic E-state index is 6.37. The SMILES string of the molecule is CCCNC(Cc1cc(Cl)ccc1Cl)C1C2CCCCC21. The molecule has 3 rings (SSSR count). The van der Waals surface area contributed by atoms with E-state index in [1.165, 1.54) is 37.7 Å². The number of fused-ring (bicyclic) bond motifs is 1. The lowest BCUT2D eigenvalue weighted by atomic mass is 9.99. The van der Waals surface area contributed by atoms with Crippen LogP contribution in [0.5, 0.6) is 0 Å². The van der Waals surface area contributed by atoms with Gasteiger partial charge >= 0.3 is 0 Å². The Labute approximate surface area is 138 Å². The van der Waals surface area contributed by atoms with Gasteiger partial charge in [0, 0.05) is 16.1 Å². The van der Waals surface area contributed by atoms with Crippen LogP contribution in [-0.4, -0.2) is 12.6 Å². The second-order valence-electron chi connectivity index (χ2n) is 6.69. The van der Waals surface area contributed by atoms with E-state index in [9.17, 15) is 0 Å². The van der Waals surface area contributed by atoms with Crippen molar-refractivity contribution >= 4 is 23.2 Å². The Morgan fingerprint density at radius 2 is 1.90 bits per heavy atom. The molecule has 2 fully saturated rings. The lowest BCUT2D eigenvalue weighted by molar-refractivity contribution is 0.428. The summed E-state index contributed by atoms with van der Waals surface area (Å²) in [4.78, 5) is 0. The zero-order valence-corrected chi connectivity index (χ0v) is 14.3. The molecule has 0 spiro atoms. The van der Waals surface area contributed by atoms with Crippen molar-refractivity contribution in [3.8, 4) is 0 Å². The summed E-state index contributed by atoms with van der Waals surface area (Å²) in [6.45, 7) is 3.33. The first kappa shape index (κ1) is 15.6. The summed E-state index contributed by atoms with van der Waals surface area (Å²) >= 11 is 12.5. The number of benzene rings is 1. The summed E-state index contributed by atoms with van der Waals surface area (Å²) in [6, 6.07) is 6.40. The molecule has 116 valence electrons. The monoisotopic (exact) mass is 325 g/mol. The van der Waals surface area contributed by atoms with Crippen LogP contribution in [0.1, 0.15) is 44.6 Å². The van der Waals surface area contributed by atoms with Crippen molar-refractivity contribution in [3.63, 3.8) is 0 Å². The number of hydrogen-bond acceptors (Lipinski definition) is 1. The third kappa shape index (κ3) is 3.57. The van der Waals surface area contributed by atoms with Gasteiger partial charge in [-0.3, -0.25) is 0 Å². The Morgan fingerprint density at radius 3 is 2.57 bits per heavy atom. The average Bonchev–Trinajstić information content (AvgIpc) is 3.21. The molecule has 1 N–H and O–H groups in total. The van der Waals surface area contributed by atoms with Gasteiger partial charge in [-0.15, -0.1) is 0 Å². The minimum atomic E-state index is 0.564. The van der Waals surface area contributed by atoms with Crippen LogP contribution in [-0.2, 0) is 6.42 Å². The Balaban J connectivity index is 1.72. The zero-order valence-electron chi connectivity index (χ0n) is 12.7. The van der Waals surface area contributed by atoms with Crippen LogP contribution in [0.4, 0.5) is 0 Å². The van der Waals surface area contributed by atoms with Crippen LogP contribution >= 0.6 is 23.2 Å². The largest absolute Gasteiger partial charge is 0.313 e. The predicted molar refractivity (Wildman–Crippen MR) is 91.2 cm³/mol. The maximum atomic E-state index is 6.37. The van der Waals surface area contributed by atoms with E-state index in [1.54, 1.807) is 0 Å². The van der Waals surface area contributed by atoms with E-state index >= 15 is 0 Å². The fraction of sp³-hybridized carbons (Fsp3) is 0.667. The predicted octanol–water partition coefficient (Wildman–Crippen LogP) is 5.34. The molecule has 0 saturated heterocycles. The van der Waals surface area contributed by atoms with Crippen LogP contribution < -0.4 is 5.32 Å². The topological polar surface area (TPSA) is 12.0 Å². The van der Waals surface area contributed by atoms with Crippen molar-refractivity contribution in [1.82, 2.24) is 5.32 Å². The molecule has 21 heavy (non-hydrogen) atoms. The molecular weight excluding hydrogens is 301 g/mol. The number of rotatable bonds is 6. The molecular formula is C18H25Cl2N. The van der Waals surface area contributed by atoms with Gasteiger partial charge in [-0.2, -0.15) is 0 Å². The molecule has 0 aliphatic heterocycles. The molecule has 3 unspecified atom stereocenters. The van der Waals surface area contributed by atoms with E-state index in [1.807, 2.05) is 18.2 Å². The van der Waals surface area contributed by atoms with Gasteiger partial charge in [0.25, 0.3) is 0 Å². The van der Waals surface area contributed by atoms with Gasteiger partial charge in [-0.25, -0.2) is 0 Å². The minimum Gasteiger partial charge on any atom is -0.313 e. The second kappa shape index (κ2) is 6.89. The van der Waals surface area contributed by atoms with Crippen LogP contribution in [0.15, 0.2) is 18.2 Å². The van der Waals surface area contributed by atoms with Crippen LogP contribution in [0.25, 0.3) is 0 Å². The molecule has 1 nitrogen and oxygen atoms in total. The number of hydrogen-bond donors (Lipinski definition) is 1. The first-order valence-electron chi connectivity index (χ1n) is 8.38. The van der Waals surface area contributed by atoms with Crippen molar-refractivity contribution in [2.24, 2.45) is 17.8 Å². The third-order valence-electron chi connectivity index (χ3n) is 5.29. The molecule has 0 amide bonds. The summed E-state index contributed by atoms with van der Waals surface area (Å²) in [5.74, 6) is 2.78. The Morgan fingerprint density at radius 1 is 1.19 bits per heavy atom. The molecule has 0 heterocycles. The zero-order chi connectivity index (χ0) is 14.8. The molecule has 0 bridgehead atoms. The van der Waals surface area contributed by atoms with Gasteiger partial charge in [0.15, 0.2) is 0 Å². The van der Waals surface area contributed by atoms with Gasteiger partial charge in [0.05, 0.1) is 0 Å². The molecule has 2 saturated carbocycles. The lowest BCUT2D eigenvalue weighted by Crippen LogP contribution is -2.35. The van der Waals surface area contributed by atoms with Crippen molar-refractivity contribution in [3.05, 3.63) is 33.8 Å². The van der Waals surface area contributed by atoms with Gasteiger partial charge in [0.2, 0.25) is 0 Å². The molecule has 0 radical (unpaired) electrons. The maximum Gasteiger partial charge on any atom is 0.0439 e. The Bertz CT molecular complexity index is 476. The standard InChI is InChI=1S/C18H25Cl2N/c1-2-9-21-17(18-14-5-3-4-6-15(14)18)11-12-10-13(19)7-8-16(12)20/h7-8,10,14-15,17-18,21H,2-6,9,11H2,1H3. The summed E-state index contributed by atoms with van der Waals surface area (Å²) in [5, 5.41) is 5.42. The first-order chi connectivity index (χ1) is 10.2. The molecule has 1 aromatic rings. The van der Waals surface area contributed by atoms with E-state index in [-0.39, 0.29) is 0 Å². The Kier molecular flexibility index (Phi) is 5.14. The summed E-state index contributed by atoms with van der Waals surface area (Å²) in [6.07, 6.45) is 7.91. The highest BCUT2D eigenvalue weighted by Gasteiger charge is 2.53. The fourth-order valence-electron chi connectivity index (χ4n) is 4.26. The van der Waals surface area contributed by atoms with E-state index in [2.05, 4.69) is 12.2 Å². The van der Waals surface area contributed by atoms with Gasteiger partial charge in [0.1, 0.15) is 0 Å². The quantitative estimate of drug-likeness (QED) is 0.744. The van der Waals surface area contributed by atoms with E-state index < -0.39 is 0 Å². The van der Waals surface area contributed by atoms with E-state index in [0.717, 1.165) is 40.8 Å². The highest BCUT2D eigenvalue weighted by Crippen LogP contribution is 2.57. The lowest BCUT2D eigenvalue weighted by Gasteiger charge is -2.20. The van der Waals surface area contributed by atoms with Gasteiger partial charge in [-0.1, -0.05) is 43.0 Å². The first-order valence-corrected chi connectivity index (χ1v) is 9.13. The van der Waals surface area contributed by atoms with Crippen LogP contribution in [0.3, 0.4) is 0 Å². The van der Waals surface area contributed by atoms with Gasteiger partial charge < -0.3 is 5.32 Å². The van der Waals surface area contributed by atoms with E-state index in [4.69, 9.17) is 23.2 Å². The second-order valence-corrected chi connectivity index (χ2v) is 7.53. The fourth-order valence-corrected chi connectivity index (χ4v) is 4.64. The van der Waals surface area contributed by atoms with Crippen molar-refractivity contribution in [1.29, 1.82) is 0 Å². The molecule has 1 aromatic carbocycles. The number of nitrogens with one attached hydrogen (secondary N) is 1.